The van der Waals surface area contributed by atoms with Crippen LogP contribution in [0.1, 0.15) is 21.6 Å². The molecule has 0 saturated heterocycles. The van der Waals surface area contributed by atoms with Crippen LogP contribution in [0.4, 0.5) is 0 Å². The molecule has 1 aromatic carbocycles. The molecule has 0 atom stereocenters. The molecule has 0 amide bonds. The van der Waals surface area contributed by atoms with Crippen molar-refractivity contribution in [3.63, 3.8) is 0 Å². The number of carbonyl (C=O) groups is 1. The number of hydrogen-bond donors (Lipinski definition) is 1. The molecule has 106 valence electrons. The van der Waals surface area contributed by atoms with Gasteiger partial charge in [-0.2, -0.15) is 5.10 Å². The first-order valence-corrected chi connectivity index (χ1v) is 6.49. The number of ether oxygens (including phenoxy) is 1. The number of carboxylic acids is 1. The summed E-state index contributed by atoms with van der Waals surface area (Å²) in [5, 5.41) is 13.6. The molecule has 5 nitrogen and oxygen atoms in total. The maximum absolute atomic E-state index is 11.0. The fraction of sp³-hybridized carbons (Fsp3) is 0.231. The molecule has 2 aromatic rings. The van der Waals surface area contributed by atoms with Crippen LogP contribution in [-0.4, -0.2) is 20.9 Å². The number of aromatic nitrogens is 2. The molecule has 0 unspecified atom stereocenters. The second kappa shape index (κ2) is 5.73. The largest absolute Gasteiger partial charge is 0.478 e. The second-order valence-corrected chi connectivity index (χ2v) is 5.01. The first kappa shape index (κ1) is 14.7. The van der Waals surface area contributed by atoms with Gasteiger partial charge in [0.05, 0.1) is 16.3 Å². The minimum Gasteiger partial charge on any atom is -0.478 e. The van der Waals surface area contributed by atoms with Crippen LogP contribution in [0.25, 0.3) is 0 Å². The number of rotatable bonds is 4. The van der Waals surface area contributed by atoms with Crippen molar-refractivity contribution in [2.24, 2.45) is 7.05 Å². The van der Waals surface area contributed by atoms with Gasteiger partial charge in [0.15, 0.2) is 0 Å². The highest BCUT2D eigenvalue weighted by Crippen LogP contribution is 2.29. The van der Waals surface area contributed by atoms with Gasteiger partial charge in [0.2, 0.25) is 5.88 Å². The highest BCUT2D eigenvalue weighted by atomic mass is 35.5. The van der Waals surface area contributed by atoms with Gasteiger partial charge in [-0.05, 0) is 19.1 Å². The predicted octanol–water partition coefficient (Wildman–Crippen LogP) is 3.31. The first-order chi connectivity index (χ1) is 9.40. The molecule has 0 aliphatic rings. The zero-order valence-electron chi connectivity index (χ0n) is 10.9. The number of aromatic carboxylic acids is 1. The van der Waals surface area contributed by atoms with Crippen molar-refractivity contribution in [3.8, 4) is 5.88 Å². The normalized spacial score (nSPS) is 10.6. The smallest absolute Gasteiger partial charge is 0.337 e. The van der Waals surface area contributed by atoms with E-state index in [0.29, 0.717) is 16.5 Å². The van der Waals surface area contributed by atoms with Gasteiger partial charge in [-0.1, -0.05) is 23.2 Å². The molecule has 0 aliphatic heterocycles. The quantitative estimate of drug-likeness (QED) is 0.940. The van der Waals surface area contributed by atoms with E-state index in [4.69, 9.17) is 33.0 Å². The fourth-order valence-corrected chi connectivity index (χ4v) is 2.32. The van der Waals surface area contributed by atoms with Crippen molar-refractivity contribution in [2.75, 3.05) is 0 Å². The van der Waals surface area contributed by atoms with E-state index in [0.717, 1.165) is 5.69 Å². The lowest BCUT2D eigenvalue weighted by molar-refractivity contribution is 0.0697. The average Bonchev–Trinajstić information content (AvgIpc) is 2.67. The topological polar surface area (TPSA) is 64.3 Å². The van der Waals surface area contributed by atoms with E-state index in [1.165, 1.54) is 12.1 Å². The van der Waals surface area contributed by atoms with Crippen molar-refractivity contribution < 1.29 is 14.6 Å². The summed E-state index contributed by atoms with van der Waals surface area (Å²) in [5.41, 5.74) is 1.25. The van der Waals surface area contributed by atoms with Crippen LogP contribution in [-0.2, 0) is 13.7 Å². The number of carboxylic acid groups (broad SMARTS) is 1. The zero-order valence-corrected chi connectivity index (χ0v) is 12.4. The molecule has 7 heteroatoms. The molecular weight excluding hydrogens is 303 g/mol. The second-order valence-electron chi connectivity index (χ2n) is 4.23. The number of halogens is 2. The lowest BCUT2D eigenvalue weighted by Crippen LogP contribution is -2.05. The Balaban J connectivity index is 2.27. The molecule has 0 bridgehead atoms. The van der Waals surface area contributed by atoms with E-state index < -0.39 is 5.97 Å². The van der Waals surface area contributed by atoms with Crippen molar-refractivity contribution >= 4 is 29.2 Å². The van der Waals surface area contributed by atoms with Gasteiger partial charge < -0.3 is 9.84 Å². The lowest BCUT2D eigenvalue weighted by atomic mass is 10.1. The van der Waals surface area contributed by atoms with Crippen LogP contribution in [0.5, 0.6) is 5.88 Å². The number of nitrogens with zero attached hydrogens (tertiary/aromatic N) is 2. The Morgan fingerprint density at radius 1 is 1.45 bits per heavy atom. The van der Waals surface area contributed by atoms with Gasteiger partial charge in [0, 0.05) is 23.7 Å². The lowest BCUT2D eigenvalue weighted by Gasteiger charge is -2.11. The SMILES string of the molecule is Cc1cc(OCc2c(Cl)ccc(C(=O)O)c2Cl)n(C)n1. The predicted molar refractivity (Wildman–Crippen MR) is 75.7 cm³/mol. The van der Waals surface area contributed by atoms with E-state index in [1.807, 2.05) is 6.92 Å². The van der Waals surface area contributed by atoms with Gasteiger partial charge in [0.25, 0.3) is 0 Å². The summed E-state index contributed by atoms with van der Waals surface area (Å²) in [6, 6.07) is 4.62. The average molecular weight is 315 g/mol. The highest BCUT2D eigenvalue weighted by Gasteiger charge is 2.16. The van der Waals surface area contributed by atoms with Crippen LogP contribution < -0.4 is 4.74 Å². The molecule has 0 aliphatic carbocycles. The van der Waals surface area contributed by atoms with Crippen molar-refractivity contribution in [1.82, 2.24) is 9.78 Å². The summed E-state index contributed by atoms with van der Waals surface area (Å²) in [6.07, 6.45) is 0. The number of hydrogen-bond acceptors (Lipinski definition) is 3. The van der Waals surface area contributed by atoms with Gasteiger partial charge >= 0.3 is 5.97 Å². The monoisotopic (exact) mass is 314 g/mol. The molecule has 0 fully saturated rings. The summed E-state index contributed by atoms with van der Waals surface area (Å²) in [5.74, 6) is -0.556. The van der Waals surface area contributed by atoms with E-state index in [9.17, 15) is 4.79 Å². The maximum atomic E-state index is 11.0. The van der Waals surface area contributed by atoms with Crippen molar-refractivity contribution in [1.29, 1.82) is 0 Å². The van der Waals surface area contributed by atoms with Gasteiger partial charge in [-0.15, -0.1) is 0 Å². The third kappa shape index (κ3) is 2.89. The Morgan fingerprint density at radius 3 is 2.70 bits per heavy atom. The van der Waals surface area contributed by atoms with Gasteiger partial charge in [-0.25, -0.2) is 9.48 Å². The van der Waals surface area contributed by atoms with Crippen molar-refractivity contribution in [2.45, 2.75) is 13.5 Å². The third-order valence-corrected chi connectivity index (χ3v) is 3.53. The third-order valence-electron chi connectivity index (χ3n) is 2.74. The molecule has 0 saturated carbocycles. The van der Waals surface area contributed by atoms with Gasteiger partial charge in [-0.3, -0.25) is 0 Å². The minimum atomic E-state index is -1.11. The molecule has 0 spiro atoms. The summed E-state index contributed by atoms with van der Waals surface area (Å²) in [7, 11) is 1.75. The molecule has 2 rings (SSSR count). The minimum absolute atomic E-state index is 0.00384. The molecule has 1 N–H and O–H groups in total. The summed E-state index contributed by atoms with van der Waals surface area (Å²) in [6.45, 7) is 1.91. The molecule has 0 radical (unpaired) electrons. The fourth-order valence-electron chi connectivity index (χ4n) is 1.76. The Morgan fingerprint density at radius 2 is 2.15 bits per heavy atom. The van der Waals surface area contributed by atoms with E-state index in [2.05, 4.69) is 5.10 Å². The standard InChI is InChI=1S/C13H12Cl2N2O3/c1-7-5-11(17(2)16-7)20-6-9-10(14)4-3-8(12(9)15)13(18)19/h3-5H,6H2,1-2H3,(H,18,19). The zero-order chi connectivity index (χ0) is 14.9. The van der Waals surface area contributed by atoms with Crippen LogP contribution in [0.15, 0.2) is 18.2 Å². The summed E-state index contributed by atoms with van der Waals surface area (Å²) >= 11 is 12.1. The highest BCUT2D eigenvalue weighted by molar-refractivity contribution is 6.37. The Bertz CT molecular complexity index is 668. The van der Waals surface area contributed by atoms with E-state index in [1.54, 1.807) is 17.8 Å². The Kier molecular flexibility index (Phi) is 4.20. The molecule has 1 heterocycles. The van der Waals surface area contributed by atoms with Crippen LogP contribution >= 0.6 is 23.2 Å². The Labute approximate surface area is 125 Å². The van der Waals surface area contributed by atoms with Crippen molar-refractivity contribution in [3.05, 3.63) is 45.1 Å². The molecular formula is C13H12Cl2N2O3. The van der Waals surface area contributed by atoms with E-state index in [-0.39, 0.29) is 17.2 Å². The molecule has 1 aromatic heterocycles. The summed E-state index contributed by atoms with van der Waals surface area (Å²) < 4.78 is 7.16. The van der Waals surface area contributed by atoms with E-state index >= 15 is 0 Å². The Hall–Kier alpha value is -1.72. The summed E-state index contributed by atoms with van der Waals surface area (Å²) in [4.78, 5) is 11.0. The first-order valence-electron chi connectivity index (χ1n) is 5.73. The number of aryl methyl sites for hydroxylation is 2. The molecule has 20 heavy (non-hydrogen) atoms. The van der Waals surface area contributed by atoms with Gasteiger partial charge in [0.1, 0.15) is 6.61 Å². The van der Waals surface area contributed by atoms with Crippen LogP contribution in [0.2, 0.25) is 10.0 Å². The number of benzene rings is 1. The van der Waals surface area contributed by atoms with Crippen LogP contribution in [0.3, 0.4) is 0 Å². The van der Waals surface area contributed by atoms with Crippen LogP contribution in [0, 0.1) is 6.92 Å². The maximum Gasteiger partial charge on any atom is 0.337 e.